The van der Waals surface area contributed by atoms with Gasteiger partial charge in [0.15, 0.2) is 0 Å². The Kier molecular flexibility index (Phi) is 4.48. The Balaban J connectivity index is 2.16. The van der Waals surface area contributed by atoms with Crippen LogP contribution in [-0.4, -0.2) is 19.9 Å². The predicted octanol–water partition coefficient (Wildman–Crippen LogP) is 0.660. The van der Waals surface area contributed by atoms with Crippen LogP contribution in [0.1, 0.15) is 23.9 Å². The highest BCUT2D eigenvalue weighted by Gasteiger charge is 2.02. The van der Waals surface area contributed by atoms with E-state index in [0.717, 1.165) is 12.1 Å². The van der Waals surface area contributed by atoms with Crippen LogP contribution >= 0.6 is 11.6 Å². The molecule has 3 rings (SSSR count). The number of H-pyrrole nitrogens is 3. The van der Waals surface area contributed by atoms with Crippen LogP contribution in [-0.2, 0) is 6.42 Å². The van der Waals surface area contributed by atoms with E-state index in [1.54, 1.807) is 42.7 Å². The molecule has 6 nitrogen and oxygen atoms in total. The van der Waals surface area contributed by atoms with Gasteiger partial charge in [-0.05, 0) is 30.2 Å². The van der Waals surface area contributed by atoms with E-state index in [9.17, 15) is 9.59 Å². The summed E-state index contributed by atoms with van der Waals surface area (Å²) in [6, 6.07) is 7.07. The van der Waals surface area contributed by atoms with Crippen molar-refractivity contribution in [2.24, 2.45) is 0 Å². The molecule has 0 aliphatic rings. The van der Waals surface area contributed by atoms with Crippen molar-refractivity contribution in [3.8, 4) is 0 Å². The summed E-state index contributed by atoms with van der Waals surface area (Å²) >= 11 is 6.07. The van der Waals surface area contributed by atoms with E-state index >= 15 is 0 Å². The Morgan fingerprint density at radius 2 is 1.75 bits per heavy atom. The fraction of sp³-hybridized carbons (Fsp3) is 0.118. The first-order valence-electron chi connectivity index (χ1n) is 7.41. The maximum absolute atomic E-state index is 12.2. The minimum atomic E-state index is -0.408. The number of nitrogens with zero attached hydrogens (tertiary/aromatic N) is 1. The van der Waals surface area contributed by atoms with Crippen LogP contribution in [0, 0.1) is 0 Å². The van der Waals surface area contributed by atoms with Crippen molar-refractivity contribution in [3.05, 3.63) is 84.0 Å². The molecule has 0 saturated carbocycles. The molecule has 7 heteroatoms. The van der Waals surface area contributed by atoms with E-state index < -0.39 is 11.1 Å². The summed E-state index contributed by atoms with van der Waals surface area (Å²) in [6.45, 7) is 1.97. The zero-order valence-corrected chi connectivity index (χ0v) is 13.6. The Morgan fingerprint density at radius 1 is 1.08 bits per heavy atom. The number of hydrogen-bond acceptors (Lipinski definition) is 3. The van der Waals surface area contributed by atoms with Crippen LogP contribution in [0.5, 0.6) is 0 Å². The third-order valence-corrected chi connectivity index (χ3v) is 3.92. The van der Waals surface area contributed by atoms with Gasteiger partial charge in [-0.15, -0.1) is 0 Å². The lowest BCUT2D eigenvalue weighted by Gasteiger charge is -1.96. The average molecular weight is 343 g/mol. The number of nitrogens with one attached hydrogen (secondary N) is 3. The number of aryl methyl sites for hydroxylation is 1. The third kappa shape index (κ3) is 3.23. The fourth-order valence-electron chi connectivity index (χ4n) is 2.32. The van der Waals surface area contributed by atoms with E-state index in [2.05, 4.69) is 19.9 Å². The van der Waals surface area contributed by atoms with E-state index in [1.807, 2.05) is 6.92 Å². The lowest BCUT2D eigenvalue weighted by Crippen LogP contribution is -2.46. The van der Waals surface area contributed by atoms with Crippen LogP contribution in [0.3, 0.4) is 0 Å². The van der Waals surface area contributed by atoms with Gasteiger partial charge in [-0.25, -0.2) is 4.98 Å². The highest BCUT2D eigenvalue weighted by molar-refractivity contribution is 6.32. The Labute approximate surface area is 141 Å². The standard InChI is InChI=1S/C17H15ClN4O2/c1-2-12-13(20-9-19-12)8-15-17(24)21-14(16(23)22-15)7-10-5-3-4-6-11(10)18/h3-9H,2H2,1H3,(H,19,20)(H,21,24)(H,22,23)/b14-7-,15-8-. The van der Waals surface area contributed by atoms with Gasteiger partial charge in [0, 0.05) is 10.7 Å². The molecule has 0 radical (unpaired) electrons. The molecule has 0 unspecified atom stereocenters. The summed E-state index contributed by atoms with van der Waals surface area (Å²) in [4.78, 5) is 36.8. The topological polar surface area (TPSA) is 94.4 Å². The smallest absolute Gasteiger partial charge is 0.272 e. The van der Waals surface area contributed by atoms with Crippen molar-refractivity contribution < 1.29 is 0 Å². The minimum absolute atomic E-state index is 0.142. The summed E-state index contributed by atoms with van der Waals surface area (Å²) < 4.78 is 0. The number of halogens is 1. The quantitative estimate of drug-likeness (QED) is 0.652. The Morgan fingerprint density at radius 3 is 2.42 bits per heavy atom. The van der Waals surface area contributed by atoms with E-state index in [0.29, 0.717) is 16.3 Å². The molecule has 0 aliphatic heterocycles. The second-order valence-corrected chi connectivity index (χ2v) is 5.57. The lowest BCUT2D eigenvalue weighted by molar-refractivity contribution is 0.998. The lowest BCUT2D eigenvalue weighted by atomic mass is 10.2. The first kappa shape index (κ1) is 16.0. The van der Waals surface area contributed by atoms with Crippen LogP contribution < -0.4 is 21.8 Å². The molecule has 0 saturated heterocycles. The number of benzene rings is 1. The van der Waals surface area contributed by atoms with E-state index in [4.69, 9.17) is 11.6 Å². The number of aromatic nitrogens is 4. The average Bonchev–Trinajstić information content (AvgIpc) is 3.01. The van der Waals surface area contributed by atoms with Gasteiger partial charge in [0.25, 0.3) is 11.1 Å². The minimum Gasteiger partial charge on any atom is -0.348 e. The van der Waals surface area contributed by atoms with Crippen molar-refractivity contribution in [3.63, 3.8) is 0 Å². The molecule has 0 fully saturated rings. The highest BCUT2D eigenvalue weighted by Crippen LogP contribution is 2.14. The predicted molar refractivity (Wildman–Crippen MR) is 93.5 cm³/mol. The van der Waals surface area contributed by atoms with Crippen LogP contribution in [0.25, 0.3) is 12.2 Å². The van der Waals surface area contributed by atoms with Crippen molar-refractivity contribution >= 4 is 23.8 Å². The molecule has 1 aromatic carbocycles. The SMILES string of the molecule is CCc1[nH]cnc1/C=c1\[nH]c(=O)/c(=C/c2ccccc2Cl)[nH]c1=O. The monoisotopic (exact) mass is 342 g/mol. The molecule has 0 bridgehead atoms. The van der Waals surface area contributed by atoms with Gasteiger partial charge in [-0.3, -0.25) is 9.59 Å². The summed E-state index contributed by atoms with van der Waals surface area (Å²) in [5, 5.41) is 0.790. The van der Waals surface area contributed by atoms with Gasteiger partial charge in [-0.2, -0.15) is 0 Å². The summed E-state index contributed by atoms with van der Waals surface area (Å²) in [7, 11) is 0. The molecule has 0 spiro atoms. The first-order valence-corrected chi connectivity index (χ1v) is 7.79. The second kappa shape index (κ2) is 6.72. The van der Waals surface area contributed by atoms with Crippen molar-refractivity contribution in [1.29, 1.82) is 0 Å². The van der Waals surface area contributed by atoms with Gasteiger partial charge in [-0.1, -0.05) is 36.7 Å². The molecule has 24 heavy (non-hydrogen) atoms. The zero-order valence-electron chi connectivity index (χ0n) is 12.9. The normalized spacial score (nSPS) is 12.8. The molecule has 0 amide bonds. The molecular formula is C17H15ClN4O2. The number of imidazole rings is 1. The molecule has 3 N–H and O–H groups in total. The molecule has 2 aromatic heterocycles. The van der Waals surface area contributed by atoms with Gasteiger partial charge in [0.05, 0.1) is 12.0 Å². The Bertz CT molecular complexity index is 1110. The van der Waals surface area contributed by atoms with Gasteiger partial charge >= 0.3 is 0 Å². The number of hydrogen-bond donors (Lipinski definition) is 3. The van der Waals surface area contributed by atoms with Crippen LogP contribution in [0.4, 0.5) is 0 Å². The molecule has 3 aromatic rings. The van der Waals surface area contributed by atoms with E-state index in [1.165, 1.54) is 0 Å². The molecule has 2 heterocycles. The summed E-state index contributed by atoms with van der Waals surface area (Å²) in [6.07, 6.45) is 5.38. The number of aromatic amines is 3. The molecule has 0 atom stereocenters. The fourth-order valence-corrected chi connectivity index (χ4v) is 2.51. The van der Waals surface area contributed by atoms with Gasteiger partial charge < -0.3 is 15.0 Å². The van der Waals surface area contributed by atoms with Crippen LogP contribution in [0.2, 0.25) is 5.02 Å². The van der Waals surface area contributed by atoms with E-state index in [-0.39, 0.29) is 10.7 Å². The van der Waals surface area contributed by atoms with Crippen LogP contribution in [0.15, 0.2) is 40.2 Å². The molecule has 0 aliphatic carbocycles. The van der Waals surface area contributed by atoms with Gasteiger partial charge in [0.1, 0.15) is 10.7 Å². The molecular weight excluding hydrogens is 328 g/mol. The van der Waals surface area contributed by atoms with Crippen molar-refractivity contribution in [2.45, 2.75) is 13.3 Å². The Hall–Kier alpha value is -2.86. The van der Waals surface area contributed by atoms with Crippen molar-refractivity contribution in [2.75, 3.05) is 0 Å². The maximum atomic E-state index is 12.2. The summed E-state index contributed by atoms with van der Waals surface area (Å²) in [5.41, 5.74) is 1.35. The maximum Gasteiger partial charge on any atom is 0.272 e. The van der Waals surface area contributed by atoms with Gasteiger partial charge in [0.2, 0.25) is 0 Å². The van der Waals surface area contributed by atoms with Crippen molar-refractivity contribution in [1.82, 2.24) is 19.9 Å². The zero-order chi connectivity index (χ0) is 17.1. The molecule has 122 valence electrons. The largest absolute Gasteiger partial charge is 0.348 e. The summed E-state index contributed by atoms with van der Waals surface area (Å²) in [5.74, 6) is 0. The highest BCUT2D eigenvalue weighted by atomic mass is 35.5. The second-order valence-electron chi connectivity index (χ2n) is 5.17. The first-order chi connectivity index (χ1) is 11.6. The number of rotatable bonds is 3. The third-order valence-electron chi connectivity index (χ3n) is 3.58.